The maximum Gasteiger partial charge on any atom is 0.338 e. The van der Waals surface area contributed by atoms with E-state index in [-0.39, 0.29) is 61.6 Å². The van der Waals surface area contributed by atoms with Gasteiger partial charge in [0.1, 0.15) is 11.9 Å². The minimum Gasteiger partial charge on any atom is -0.480 e. The van der Waals surface area contributed by atoms with Crippen LogP contribution in [0.3, 0.4) is 0 Å². The van der Waals surface area contributed by atoms with E-state index in [0.29, 0.717) is 53.4 Å². The van der Waals surface area contributed by atoms with Gasteiger partial charge in [-0.15, -0.1) is 11.3 Å². The van der Waals surface area contributed by atoms with Gasteiger partial charge in [0.15, 0.2) is 17.1 Å². The average molecular weight is 1260 g/mol. The number of amidine groups is 1. The number of carbonyl (C=O) groups excluding carboxylic acids is 2. The number of thiazole rings is 1. The van der Waals surface area contributed by atoms with Crippen LogP contribution in [0.1, 0.15) is 113 Å². The summed E-state index contributed by atoms with van der Waals surface area (Å²) < 4.78 is 50.6. The van der Waals surface area contributed by atoms with Crippen LogP contribution in [0, 0.1) is 11.7 Å². The molecule has 1 aromatic heterocycles. The summed E-state index contributed by atoms with van der Waals surface area (Å²) in [5.74, 6) is -2.81. The molecule has 86 heavy (non-hydrogen) atoms. The number of aliphatic imine (C=N–C) groups is 1. The first-order valence-electron chi connectivity index (χ1n) is 30.0. The van der Waals surface area contributed by atoms with Crippen LogP contribution in [0.15, 0.2) is 46.0 Å². The fraction of sp³-hybridized carbons (Fsp3) is 0.717. The molecule has 6 aliphatic rings. The van der Waals surface area contributed by atoms with Crippen molar-refractivity contribution in [1.82, 2.24) is 34.8 Å². The fourth-order valence-corrected chi connectivity index (χ4v) is 11.6. The Morgan fingerprint density at radius 1 is 0.721 bits per heavy atom. The third kappa shape index (κ3) is 29.5. The molecule has 0 amide bonds. The molecule has 8 rings (SSSR count). The SMILES string of the molecule is CCOC(=O)C1=C(CN2CCCC(CN(C)CC(=O)O)C2)NC(c2nccs2)=N[C@H]1c1ccc(F)cc1Cl.CN(CC(=O)O)CC1CCCCO1.CN(CC(=O)O)CC1CCCCO1.COC(=O)CN(C)CC1CCCCO1.COC1CCCCO1. The topological polar surface area (TPSA) is 264 Å². The molecular weight excluding hydrogens is 1160 g/mol. The number of halogens is 2. The number of likely N-dealkylation sites (N-methyl/N-ethyl adjacent to an activating group) is 4. The zero-order chi connectivity index (χ0) is 62.8. The number of benzene rings is 1. The van der Waals surface area contributed by atoms with Gasteiger partial charge < -0.3 is 53.8 Å². The first-order chi connectivity index (χ1) is 41.3. The molecule has 6 atom stereocenters. The van der Waals surface area contributed by atoms with Crippen molar-refractivity contribution in [2.24, 2.45) is 10.9 Å². The summed E-state index contributed by atoms with van der Waals surface area (Å²) in [6.45, 7) is 10.8. The molecule has 4 N–H and O–H groups in total. The highest BCUT2D eigenvalue weighted by molar-refractivity contribution is 7.11. The van der Waals surface area contributed by atoms with E-state index in [1.54, 1.807) is 36.1 Å². The Kier molecular flexibility index (Phi) is 35.5. The zero-order valence-corrected chi connectivity index (χ0v) is 53.2. The molecule has 0 radical (unpaired) electrons. The second-order valence-corrected chi connectivity index (χ2v) is 23.7. The molecule has 2 aromatic rings. The van der Waals surface area contributed by atoms with Gasteiger partial charge in [-0.2, -0.15) is 0 Å². The summed E-state index contributed by atoms with van der Waals surface area (Å²) >= 11 is 7.86. The maximum absolute atomic E-state index is 13.9. The number of ether oxygens (including phenoxy) is 7. The summed E-state index contributed by atoms with van der Waals surface area (Å²) in [6, 6.07) is 3.25. The monoisotopic (exact) mass is 1250 g/mol. The van der Waals surface area contributed by atoms with Crippen LogP contribution in [-0.2, 0) is 57.1 Å². The molecule has 0 spiro atoms. The van der Waals surface area contributed by atoms with Crippen molar-refractivity contribution >= 4 is 58.6 Å². The summed E-state index contributed by atoms with van der Waals surface area (Å²) in [5, 5.41) is 32.2. The van der Waals surface area contributed by atoms with Crippen molar-refractivity contribution in [3.8, 4) is 0 Å². The lowest BCUT2D eigenvalue weighted by Crippen LogP contribution is -2.45. The first kappa shape index (κ1) is 73.7. The number of nitrogens with zero attached hydrogens (tertiary/aromatic N) is 7. The number of carboxylic acid groups (broad SMARTS) is 3. The van der Waals surface area contributed by atoms with E-state index in [9.17, 15) is 28.4 Å². The molecule has 5 unspecified atom stereocenters. The van der Waals surface area contributed by atoms with Crippen LogP contribution in [-0.4, -0.2) is 253 Å². The third-order valence-electron chi connectivity index (χ3n) is 14.7. The summed E-state index contributed by atoms with van der Waals surface area (Å²) in [7, 11) is 10.4. The fourth-order valence-electron chi connectivity index (χ4n) is 10.7. The van der Waals surface area contributed by atoms with Gasteiger partial charge >= 0.3 is 29.8 Å². The number of carboxylic acids is 3. The number of rotatable bonds is 23. The van der Waals surface area contributed by atoms with Gasteiger partial charge in [0.05, 0.1) is 63.8 Å². The predicted molar refractivity (Wildman–Crippen MR) is 325 cm³/mol. The van der Waals surface area contributed by atoms with Crippen LogP contribution in [0.5, 0.6) is 0 Å². The Labute approximate surface area is 516 Å². The Morgan fingerprint density at radius 2 is 1.24 bits per heavy atom. The normalized spacial score (nSPS) is 22.5. The Bertz CT molecular complexity index is 2330. The van der Waals surface area contributed by atoms with Crippen molar-refractivity contribution in [1.29, 1.82) is 0 Å². The van der Waals surface area contributed by atoms with Crippen LogP contribution in [0.25, 0.3) is 0 Å². The average Bonchev–Trinajstić information content (AvgIpc) is 3.24. The van der Waals surface area contributed by atoms with Gasteiger partial charge in [-0.05, 0) is 150 Å². The Balaban J connectivity index is 0.000000268. The van der Waals surface area contributed by atoms with E-state index in [4.69, 9.17) is 60.3 Å². The number of aromatic nitrogens is 1. The number of nitrogens with one attached hydrogen (secondary N) is 1. The lowest BCUT2D eigenvalue weighted by molar-refractivity contribution is -0.145. The number of piperidine rings is 1. The van der Waals surface area contributed by atoms with Gasteiger partial charge in [-0.25, -0.2) is 14.2 Å². The minimum absolute atomic E-state index is 0.00996. The maximum atomic E-state index is 13.9. The van der Waals surface area contributed by atoms with Gasteiger partial charge in [0, 0.05) is 101 Å². The Hall–Kier alpha value is -4.77. The molecule has 23 nitrogen and oxygen atoms in total. The molecule has 0 bridgehead atoms. The largest absolute Gasteiger partial charge is 0.480 e. The van der Waals surface area contributed by atoms with Gasteiger partial charge in [0.25, 0.3) is 0 Å². The molecule has 486 valence electrons. The predicted octanol–water partition coefficient (Wildman–Crippen LogP) is 6.54. The summed E-state index contributed by atoms with van der Waals surface area (Å²) in [4.78, 5) is 74.9. The van der Waals surface area contributed by atoms with E-state index in [1.165, 1.54) is 62.7 Å². The number of esters is 2. The minimum atomic E-state index is -0.852. The lowest BCUT2D eigenvalue weighted by Gasteiger charge is -2.36. The zero-order valence-electron chi connectivity index (χ0n) is 51.6. The quantitative estimate of drug-likeness (QED) is 0.0861. The molecule has 6 aliphatic heterocycles. The number of likely N-dealkylation sites (tertiary alicyclic amines) is 1. The van der Waals surface area contributed by atoms with Crippen LogP contribution >= 0.6 is 22.9 Å². The van der Waals surface area contributed by atoms with Gasteiger partial charge in [-0.3, -0.25) is 48.7 Å². The highest BCUT2D eigenvalue weighted by atomic mass is 35.5. The third-order valence-corrected chi connectivity index (χ3v) is 15.8. The molecular formula is C60H96ClFN8O15S. The summed E-state index contributed by atoms with van der Waals surface area (Å²) in [6.07, 6.45) is 18.3. The molecule has 1 aromatic carbocycles. The van der Waals surface area contributed by atoms with E-state index in [0.717, 1.165) is 117 Å². The van der Waals surface area contributed by atoms with Gasteiger partial charge in [-0.1, -0.05) is 17.7 Å². The van der Waals surface area contributed by atoms with Crippen molar-refractivity contribution in [3.63, 3.8) is 0 Å². The van der Waals surface area contributed by atoms with E-state index >= 15 is 0 Å². The van der Waals surface area contributed by atoms with Gasteiger partial charge in [0.2, 0.25) is 0 Å². The second-order valence-electron chi connectivity index (χ2n) is 22.4. The van der Waals surface area contributed by atoms with E-state index < -0.39 is 35.7 Å². The molecule has 7 heterocycles. The number of carbonyl (C=O) groups is 5. The van der Waals surface area contributed by atoms with E-state index in [1.807, 2.05) is 43.4 Å². The molecule has 0 saturated carbocycles. The molecule has 5 saturated heterocycles. The molecule has 5 fully saturated rings. The second kappa shape index (κ2) is 41.4. The summed E-state index contributed by atoms with van der Waals surface area (Å²) in [5.41, 5.74) is 1.45. The lowest BCUT2D eigenvalue weighted by atomic mass is 9.94. The number of aliphatic carboxylic acids is 3. The number of methoxy groups -OCH3 is 2. The smallest absolute Gasteiger partial charge is 0.338 e. The van der Waals surface area contributed by atoms with Crippen molar-refractivity contribution in [2.75, 3.05) is 147 Å². The van der Waals surface area contributed by atoms with E-state index in [2.05, 4.69) is 19.9 Å². The highest BCUT2D eigenvalue weighted by Gasteiger charge is 2.36. The highest BCUT2D eigenvalue weighted by Crippen LogP contribution is 2.37. The first-order valence-corrected chi connectivity index (χ1v) is 31.3. The van der Waals surface area contributed by atoms with Crippen molar-refractivity contribution in [3.05, 3.63) is 62.5 Å². The number of hydrogen-bond acceptors (Lipinski definition) is 21. The number of hydrogen-bond donors (Lipinski definition) is 4. The van der Waals surface area contributed by atoms with Crippen LogP contribution < -0.4 is 5.32 Å². The standard InChI is InChI=1S/C26H31ClFN5O4S.C10H19NO3.2C9H17NO3.C6H12O2/c1-3-37-26(36)22-20(14-33-9-4-5-16(13-33)12-32(2)15-21(34)35)30-24(25-29-8-10-38-25)31-23(22)18-7-6-17(28)11-19(18)27;1-11(8-10(12)13-2)7-9-5-3-4-6-14-9;2*1-10(7-9(11)12)6-8-4-2-3-5-13-8;1-7-6-4-2-3-5-8-6/h6-8,10-11,16,23H,3-5,9,12-15H2,1-2H3,(H,30,31)(H,34,35);9H,3-8H2,1-2H3;2*8H,2-7H2,1H3,(H,11,12);6H,2-5H2,1H3/t16?,23-;;;;/m0..../s1. The van der Waals surface area contributed by atoms with Crippen molar-refractivity contribution < 1.29 is 76.8 Å². The molecule has 26 heteroatoms. The van der Waals surface area contributed by atoms with Crippen molar-refractivity contribution in [2.45, 2.75) is 127 Å². The Morgan fingerprint density at radius 3 is 1.67 bits per heavy atom. The van der Waals surface area contributed by atoms with Crippen LogP contribution in [0.4, 0.5) is 4.39 Å². The van der Waals surface area contributed by atoms with Crippen LogP contribution in [0.2, 0.25) is 5.02 Å². The molecule has 0 aliphatic carbocycles.